The number of nitrogens with two attached hydrogens (primary N) is 1. The lowest BCUT2D eigenvalue weighted by atomic mass is 10.1. The van der Waals surface area contributed by atoms with Crippen molar-refractivity contribution in [1.29, 1.82) is 0 Å². The number of anilines is 2. The van der Waals surface area contributed by atoms with Gasteiger partial charge < -0.3 is 16.0 Å². The second-order valence-corrected chi connectivity index (χ2v) is 4.51. The molecule has 0 spiro atoms. The molecule has 0 amide bonds. The molecule has 0 fully saturated rings. The van der Waals surface area contributed by atoms with E-state index in [1.165, 1.54) is 16.5 Å². The van der Waals surface area contributed by atoms with Crippen molar-refractivity contribution in [3.05, 3.63) is 54.4 Å². The van der Waals surface area contributed by atoms with Crippen LogP contribution in [0, 0.1) is 0 Å². The maximum Gasteiger partial charge on any atom is 0.123 e. The number of rotatable bonds is 4. The maximum atomic E-state index is 5.55. The third-order valence-electron chi connectivity index (χ3n) is 3.18. The van der Waals surface area contributed by atoms with Gasteiger partial charge in [0.15, 0.2) is 0 Å². The van der Waals surface area contributed by atoms with Gasteiger partial charge in [0, 0.05) is 23.6 Å². The van der Waals surface area contributed by atoms with Gasteiger partial charge in [-0.2, -0.15) is 0 Å². The number of benzene rings is 1. The van der Waals surface area contributed by atoms with E-state index in [1.54, 1.807) is 12.3 Å². The van der Waals surface area contributed by atoms with E-state index in [4.69, 9.17) is 5.73 Å². The average Bonchev–Trinajstić information content (AvgIpc) is 2.85. The van der Waals surface area contributed by atoms with Crippen molar-refractivity contribution >= 4 is 22.4 Å². The summed E-state index contributed by atoms with van der Waals surface area (Å²) in [5.41, 5.74) is 9.06. The van der Waals surface area contributed by atoms with Crippen LogP contribution in [0.5, 0.6) is 0 Å². The number of fused-ring (bicyclic) bond motifs is 1. The number of hydrogen-bond donors (Lipinski definition) is 3. The van der Waals surface area contributed by atoms with Gasteiger partial charge in [0.05, 0.1) is 11.9 Å². The molecule has 1 aromatic carbocycles. The molecule has 3 rings (SSSR count). The second-order valence-electron chi connectivity index (χ2n) is 4.51. The highest BCUT2D eigenvalue weighted by molar-refractivity contribution is 5.83. The number of pyridine rings is 1. The third-order valence-corrected chi connectivity index (χ3v) is 3.18. The summed E-state index contributed by atoms with van der Waals surface area (Å²) in [6.07, 6.45) is 4.80. The second kappa shape index (κ2) is 5.02. The van der Waals surface area contributed by atoms with Crippen molar-refractivity contribution < 1.29 is 0 Å². The zero-order chi connectivity index (χ0) is 13.1. The summed E-state index contributed by atoms with van der Waals surface area (Å²) < 4.78 is 0. The van der Waals surface area contributed by atoms with E-state index in [0.29, 0.717) is 5.82 Å². The van der Waals surface area contributed by atoms with Crippen LogP contribution in [0.2, 0.25) is 0 Å². The van der Waals surface area contributed by atoms with E-state index in [0.717, 1.165) is 18.7 Å². The Morgan fingerprint density at radius 1 is 1.16 bits per heavy atom. The number of para-hydroxylation sites is 1. The zero-order valence-corrected chi connectivity index (χ0v) is 10.6. The standard InChI is InChI=1S/C15H16N4/c16-15-6-5-12(10-19-15)17-8-7-11-9-18-14-4-2-1-3-13(11)14/h1-6,9-10,17-18H,7-8H2,(H2,16,19). The van der Waals surface area contributed by atoms with Crippen LogP contribution >= 0.6 is 0 Å². The van der Waals surface area contributed by atoms with Gasteiger partial charge in [0.25, 0.3) is 0 Å². The monoisotopic (exact) mass is 252 g/mol. The highest BCUT2D eigenvalue weighted by atomic mass is 14.9. The Bertz CT molecular complexity index is 670. The predicted molar refractivity (Wildman–Crippen MR) is 79.1 cm³/mol. The Morgan fingerprint density at radius 3 is 2.89 bits per heavy atom. The molecule has 4 nitrogen and oxygen atoms in total. The number of H-pyrrole nitrogens is 1. The molecule has 0 unspecified atom stereocenters. The van der Waals surface area contributed by atoms with E-state index in [9.17, 15) is 0 Å². The number of aromatic nitrogens is 2. The fraction of sp³-hybridized carbons (Fsp3) is 0.133. The smallest absolute Gasteiger partial charge is 0.123 e. The number of aromatic amines is 1. The molecule has 0 aliphatic carbocycles. The summed E-state index contributed by atoms with van der Waals surface area (Å²) in [5, 5.41) is 4.63. The highest BCUT2D eigenvalue weighted by Gasteiger charge is 2.02. The van der Waals surface area contributed by atoms with Crippen LogP contribution in [0.4, 0.5) is 11.5 Å². The van der Waals surface area contributed by atoms with Crippen molar-refractivity contribution in [3.63, 3.8) is 0 Å². The molecule has 0 atom stereocenters. The normalized spacial score (nSPS) is 10.7. The molecular formula is C15H16N4. The first-order valence-corrected chi connectivity index (χ1v) is 6.33. The highest BCUT2D eigenvalue weighted by Crippen LogP contribution is 2.18. The molecule has 2 heterocycles. The van der Waals surface area contributed by atoms with Crippen molar-refractivity contribution in [2.24, 2.45) is 0 Å². The summed E-state index contributed by atoms with van der Waals surface area (Å²) in [5.74, 6) is 0.544. The molecular weight excluding hydrogens is 236 g/mol. The SMILES string of the molecule is Nc1ccc(NCCc2c[nH]c3ccccc23)cn1. The van der Waals surface area contributed by atoms with Crippen LogP contribution in [-0.2, 0) is 6.42 Å². The Kier molecular flexibility index (Phi) is 3.06. The van der Waals surface area contributed by atoms with Gasteiger partial charge in [-0.05, 0) is 30.2 Å². The van der Waals surface area contributed by atoms with Crippen LogP contribution in [0.25, 0.3) is 10.9 Å². The van der Waals surface area contributed by atoms with Crippen molar-refractivity contribution in [2.75, 3.05) is 17.6 Å². The Labute approximate surface area is 111 Å². The van der Waals surface area contributed by atoms with Crippen LogP contribution < -0.4 is 11.1 Å². The fourth-order valence-corrected chi connectivity index (χ4v) is 2.19. The lowest BCUT2D eigenvalue weighted by Crippen LogP contribution is -2.05. The van der Waals surface area contributed by atoms with E-state index in [2.05, 4.69) is 39.7 Å². The number of hydrogen-bond acceptors (Lipinski definition) is 3. The third kappa shape index (κ3) is 2.52. The van der Waals surface area contributed by atoms with Gasteiger partial charge >= 0.3 is 0 Å². The largest absolute Gasteiger partial charge is 0.384 e. The van der Waals surface area contributed by atoms with Crippen LogP contribution in [0.3, 0.4) is 0 Å². The number of nitrogen functional groups attached to an aromatic ring is 1. The van der Waals surface area contributed by atoms with E-state index >= 15 is 0 Å². The molecule has 2 aromatic heterocycles. The van der Waals surface area contributed by atoms with E-state index in [-0.39, 0.29) is 0 Å². The summed E-state index contributed by atoms with van der Waals surface area (Å²) in [6, 6.07) is 12.1. The first kappa shape index (κ1) is 11.6. The maximum absolute atomic E-state index is 5.55. The van der Waals surface area contributed by atoms with Crippen LogP contribution in [0.1, 0.15) is 5.56 Å². The van der Waals surface area contributed by atoms with E-state index in [1.807, 2.05) is 12.1 Å². The summed E-state index contributed by atoms with van der Waals surface area (Å²) in [6.45, 7) is 0.868. The Hall–Kier alpha value is -2.49. The summed E-state index contributed by atoms with van der Waals surface area (Å²) in [7, 11) is 0. The topological polar surface area (TPSA) is 66.7 Å². The molecule has 3 aromatic rings. The van der Waals surface area contributed by atoms with Gasteiger partial charge in [-0.15, -0.1) is 0 Å². The molecule has 19 heavy (non-hydrogen) atoms. The first-order valence-electron chi connectivity index (χ1n) is 6.33. The molecule has 4 N–H and O–H groups in total. The molecule has 0 saturated heterocycles. The van der Waals surface area contributed by atoms with E-state index < -0.39 is 0 Å². The Morgan fingerprint density at radius 2 is 2.05 bits per heavy atom. The summed E-state index contributed by atoms with van der Waals surface area (Å²) in [4.78, 5) is 7.34. The van der Waals surface area contributed by atoms with Gasteiger partial charge in [-0.25, -0.2) is 4.98 Å². The zero-order valence-electron chi connectivity index (χ0n) is 10.6. The van der Waals surface area contributed by atoms with Crippen LogP contribution in [-0.4, -0.2) is 16.5 Å². The summed E-state index contributed by atoms with van der Waals surface area (Å²) >= 11 is 0. The number of nitrogens with zero attached hydrogens (tertiary/aromatic N) is 1. The number of nitrogens with one attached hydrogen (secondary N) is 2. The molecule has 0 aliphatic rings. The predicted octanol–water partition coefficient (Wildman–Crippen LogP) is 2.80. The molecule has 0 bridgehead atoms. The quantitative estimate of drug-likeness (QED) is 0.669. The average molecular weight is 252 g/mol. The van der Waals surface area contributed by atoms with Crippen LogP contribution in [0.15, 0.2) is 48.8 Å². The lowest BCUT2D eigenvalue weighted by molar-refractivity contribution is 1.03. The molecule has 4 heteroatoms. The minimum absolute atomic E-state index is 0.544. The minimum atomic E-state index is 0.544. The molecule has 0 saturated carbocycles. The van der Waals surface area contributed by atoms with Gasteiger partial charge in [0.1, 0.15) is 5.82 Å². The molecule has 0 aliphatic heterocycles. The Balaban J connectivity index is 1.65. The molecule has 0 radical (unpaired) electrons. The van der Waals surface area contributed by atoms with Gasteiger partial charge in [-0.3, -0.25) is 0 Å². The van der Waals surface area contributed by atoms with Crippen molar-refractivity contribution in [1.82, 2.24) is 9.97 Å². The minimum Gasteiger partial charge on any atom is -0.384 e. The lowest BCUT2D eigenvalue weighted by Gasteiger charge is -2.05. The fourth-order valence-electron chi connectivity index (χ4n) is 2.19. The van der Waals surface area contributed by atoms with Crippen molar-refractivity contribution in [3.8, 4) is 0 Å². The first-order chi connectivity index (χ1) is 9.33. The molecule has 96 valence electrons. The van der Waals surface area contributed by atoms with Gasteiger partial charge in [0.2, 0.25) is 0 Å². The van der Waals surface area contributed by atoms with Gasteiger partial charge in [-0.1, -0.05) is 18.2 Å². The van der Waals surface area contributed by atoms with Crippen molar-refractivity contribution in [2.45, 2.75) is 6.42 Å².